The first-order valence-electron chi connectivity index (χ1n) is 7.02. The van der Waals surface area contributed by atoms with Gasteiger partial charge in [-0.2, -0.15) is 0 Å². The summed E-state index contributed by atoms with van der Waals surface area (Å²) in [4.78, 5) is 24.1. The SMILES string of the molecule is CC(=O)[CH]([Pt])C(=O)C(=Cc1ccccc1)Cc1ccccc1. The van der Waals surface area contributed by atoms with Crippen molar-refractivity contribution in [1.29, 1.82) is 0 Å². The average molecular weight is 472 g/mol. The average Bonchev–Trinajstić information content (AvgIpc) is 2.54. The van der Waals surface area contributed by atoms with Crippen LogP contribution in [0.15, 0.2) is 66.2 Å². The summed E-state index contributed by atoms with van der Waals surface area (Å²) in [5, 5.41) is 0. The molecule has 0 aliphatic rings. The van der Waals surface area contributed by atoms with Gasteiger partial charge in [-0.3, -0.25) is 0 Å². The van der Waals surface area contributed by atoms with Crippen molar-refractivity contribution in [3.05, 3.63) is 77.4 Å². The van der Waals surface area contributed by atoms with Gasteiger partial charge in [-0.05, 0) is 0 Å². The number of hydrogen-bond donors (Lipinski definition) is 0. The van der Waals surface area contributed by atoms with E-state index in [1.54, 1.807) is 0 Å². The predicted octanol–water partition coefficient (Wildman–Crippen LogP) is 3.81. The maximum atomic E-state index is 12.6. The molecule has 0 saturated carbocycles. The molecule has 0 spiro atoms. The fraction of sp³-hybridized carbons (Fsp3) is 0.158. The van der Waals surface area contributed by atoms with Crippen molar-refractivity contribution in [2.45, 2.75) is 17.7 Å². The van der Waals surface area contributed by atoms with Crippen LogP contribution in [0.3, 0.4) is 0 Å². The summed E-state index contributed by atoms with van der Waals surface area (Å²) in [5.74, 6) is -0.222. The predicted molar refractivity (Wildman–Crippen MR) is 84.0 cm³/mol. The summed E-state index contributed by atoms with van der Waals surface area (Å²) in [7, 11) is 0. The van der Waals surface area contributed by atoms with E-state index in [1.807, 2.05) is 86.6 Å². The van der Waals surface area contributed by atoms with Crippen LogP contribution in [-0.4, -0.2) is 11.6 Å². The van der Waals surface area contributed by atoms with Crippen molar-refractivity contribution in [2.24, 2.45) is 0 Å². The fourth-order valence-corrected chi connectivity index (χ4v) is 2.53. The standard InChI is InChI=1S/C19H17O2.Pt/c1-15(20)12-19(21)18(13-16-8-4-2-5-9-16)14-17-10-6-3-7-11-17;/h2-13H,14H2,1H3;. The molecule has 2 nitrogen and oxygen atoms in total. The van der Waals surface area contributed by atoms with Crippen LogP contribution in [0.5, 0.6) is 0 Å². The Morgan fingerprint density at radius 2 is 1.55 bits per heavy atom. The minimum atomic E-state index is -0.626. The van der Waals surface area contributed by atoms with Gasteiger partial charge in [0.1, 0.15) is 0 Å². The van der Waals surface area contributed by atoms with Gasteiger partial charge in [0.05, 0.1) is 0 Å². The molecule has 0 bridgehead atoms. The molecule has 0 aliphatic carbocycles. The second-order valence-corrected chi connectivity index (χ2v) is 6.36. The third-order valence-corrected chi connectivity index (χ3v) is 4.76. The molecule has 1 unspecified atom stereocenters. The molecule has 0 fully saturated rings. The molecule has 0 radical (unpaired) electrons. The van der Waals surface area contributed by atoms with Crippen LogP contribution in [0, 0.1) is 0 Å². The van der Waals surface area contributed by atoms with Gasteiger partial charge in [-0.1, -0.05) is 0 Å². The van der Waals surface area contributed by atoms with Crippen molar-refractivity contribution in [1.82, 2.24) is 0 Å². The normalized spacial score (nSPS) is 12.8. The Labute approximate surface area is 142 Å². The molecule has 2 rings (SSSR count). The molecule has 0 saturated heterocycles. The topological polar surface area (TPSA) is 34.1 Å². The zero-order valence-corrected chi connectivity index (χ0v) is 14.5. The van der Waals surface area contributed by atoms with E-state index < -0.39 is 4.31 Å². The van der Waals surface area contributed by atoms with E-state index in [2.05, 4.69) is 0 Å². The Morgan fingerprint density at radius 1 is 1.00 bits per heavy atom. The van der Waals surface area contributed by atoms with Crippen molar-refractivity contribution >= 4 is 17.6 Å². The van der Waals surface area contributed by atoms with E-state index in [0.717, 1.165) is 11.1 Å². The van der Waals surface area contributed by atoms with E-state index >= 15 is 0 Å². The minimum absolute atomic E-state index is 0.109. The molecule has 0 heterocycles. The van der Waals surface area contributed by atoms with Crippen LogP contribution in [0.2, 0.25) is 4.31 Å². The van der Waals surface area contributed by atoms with Crippen molar-refractivity contribution in [3.63, 3.8) is 0 Å². The number of carbonyl (C=O) groups is 2. The number of benzene rings is 2. The molecule has 22 heavy (non-hydrogen) atoms. The quantitative estimate of drug-likeness (QED) is 0.474. The van der Waals surface area contributed by atoms with Crippen LogP contribution in [0.1, 0.15) is 18.1 Å². The second-order valence-electron chi connectivity index (χ2n) is 5.04. The Bertz CT molecular complexity index is 675. The molecule has 0 aliphatic heterocycles. The third-order valence-electron chi connectivity index (χ3n) is 3.24. The Kier molecular flexibility index (Phi) is 6.03. The number of Topliss-reactive ketones (excluding diaryl/α,β-unsaturated/α-hetero) is 2. The Balaban J connectivity index is 2.34. The second kappa shape index (κ2) is 8.00. The summed E-state index contributed by atoms with van der Waals surface area (Å²) < 4.78 is -0.626. The Morgan fingerprint density at radius 3 is 2.09 bits per heavy atom. The molecule has 3 heteroatoms. The van der Waals surface area contributed by atoms with Crippen molar-refractivity contribution in [2.75, 3.05) is 0 Å². The first-order valence-corrected chi connectivity index (χ1v) is 8.34. The van der Waals surface area contributed by atoms with Gasteiger partial charge < -0.3 is 0 Å². The van der Waals surface area contributed by atoms with E-state index in [9.17, 15) is 9.59 Å². The van der Waals surface area contributed by atoms with E-state index in [1.165, 1.54) is 6.92 Å². The van der Waals surface area contributed by atoms with Gasteiger partial charge in [-0.25, -0.2) is 0 Å². The molecule has 1 atom stereocenters. The monoisotopic (exact) mass is 472 g/mol. The zero-order valence-electron chi connectivity index (χ0n) is 12.3. The van der Waals surface area contributed by atoms with Gasteiger partial charge in [0.15, 0.2) is 0 Å². The summed E-state index contributed by atoms with van der Waals surface area (Å²) in [5.41, 5.74) is 2.69. The van der Waals surface area contributed by atoms with Crippen molar-refractivity contribution < 1.29 is 29.4 Å². The first-order chi connectivity index (χ1) is 10.6. The maximum absolute atomic E-state index is 12.6. The number of ketones is 2. The molecule has 2 aromatic rings. The third kappa shape index (κ3) is 4.61. The Hall–Kier alpha value is -1.79. The van der Waals surface area contributed by atoms with Crippen LogP contribution >= 0.6 is 0 Å². The van der Waals surface area contributed by atoms with Gasteiger partial charge in [-0.15, -0.1) is 0 Å². The summed E-state index contributed by atoms with van der Waals surface area (Å²) in [6, 6.07) is 19.5. The van der Waals surface area contributed by atoms with Crippen molar-refractivity contribution in [3.8, 4) is 0 Å². The number of rotatable bonds is 6. The van der Waals surface area contributed by atoms with E-state index in [-0.39, 0.29) is 11.6 Å². The summed E-state index contributed by atoms with van der Waals surface area (Å²) >= 11 is 1.90. The number of hydrogen-bond acceptors (Lipinski definition) is 2. The molecule has 0 aromatic heterocycles. The van der Waals surface area contributed by atoms with Crippen LogP contribution in [0.4, 0.5) is 0 Å². The van der Waals surface area contributed by atoms with Gasteiger partial charge >= 0.3 is 142 Å². The number of allylic oxidation sites excluding steroid dienone is 1. The molecule has 2 aromatic carbocycles. The van der Waals surface area contributed by atoms with Crippen LogP contribution in [0.25, 0.3) is 6.08 Å². The first kappa shape index (κ1) is 16.6. The number of carbonyl (C=O) groups excluding carboxylic acids is 2. The summed E-state index contributed by atoms with van der Waals surface area (Å²) in [6.07, 6.45) is 2.41. The van der Waals surface area contributed by atoms with E-state index in [0.29, 0.717) is 12.0 Å². The van der Waals surface area contributed by atoms with Gasteiger partial charge in [0.25, 0.3) is 0 Å². The van der Waals surface area contributed by atoms with Crippen LogP contribution < -0.4 is 0 Å². The fourth-order valence-electron chi connectivity index (χ4n) is 2.11. The van der Waals surface area contributed by atoms with E-state index in [4.69, 9.17) is 0 Å². The van der Waals surface area contributed by atoms with Gasteiger partial charge in [0.2, 0.25) is 0 Å². The summed E-state index contributed by atoms with van der Waals surface area (Å²) in [6.45, 7) is 1.46. The van der Waals surface area contributed by atoms with Gasteiger partial charge in [0, 0.05) is 0 Å². The zero-order chi connectivity index (χ0) is 15.9. The molecule has 0 N–H and O–H groups in total. The molecular formula is C19H17O2Pt. The van der Waals surface area contributed by atoms with Crippen LogP contribution in [-0.2, 0) is 35.8 Å². The molecule has 0 amide bonds. The molecule has 115 valence electrons. The molecular weight excluding hydrogens is 455 g/mol.